The van der Waals surface area contributed by atoms with Crippen LogP contribution in [0.2, 0.25) is 0 Å². The number of nitrogens with zero attached hydrogens (tertiary/aromatic N) is 4. The fourth-order valence-electron chi connectivity index (χ4n) is 11.8. The molecular weight excluding hydrogens is 1220 g/mol. The molecule has 0 bridgehead atoms. The van der Waals surface area contributed by atoms with Crippen molar-refractivity contribution >= 4 is 69.8 Å². The molecule has 5 rings (SSSR count). The molecular formula is C68H95N5O21. The van der Waals surface area contributed by atoms with Gasteiger partial charge in [-0.3, -0.25) is 43.8 Å². The number of ether oxygens (including phenoxy) is 8. The third-order valence-electron chi connectivity index (χ3n) is 14.8. The number of fused-ring (bicyclic) bond motifs is 1. The van der Waals surface area contributed by atoms with Crippen molar-refractivity contribution in [3.63, 3.8) is 0 Å². The number of rotatable bonds is 27. The van der Waals surface area contributed by atoms with E-state index in [1.165, 1.54) is 65.4 Å². The van der Waals surface area contributed by atoms with E-state index in [4.69, 9.17) is 42.3 Å². The minimum absolute atomic E-state index is 0.00435. The molecule has 1 heterocycles. The highest BCUT2D eigenvalue weighted by Crippen LogP contribution is 2.52. The van der Waals surface area contributed by atoms with Gasteiger partial charge in [0.25, 0.3) is 11.6 Å². The minimum atomic E-state index is -1.88. The Labute approximate surface area is 548 Å². The molecule has 1 aliphatic carbocycles. The number of aliphatic carboxylic acids is 2. The molecule has 3 aromatic carbocycles. The number of nitrogens with one attached hydrogen (secondary N) is 1. The first-order chi connectivity index (χ1) is 43.2. The van der Waals surface area contributed by atoms with Crippen LogP contribution in [-0.4, -0.2) is 155 Å². The summed E-state index contributed by atoms with van der Waals surface area (Å²) in [4.78, 5) is 124. The van der Waals surface area contributed by atoms with Gasteiger partial charge in [-0.05, 0) is 156 Å². The number of esters is 4. The maximum atomic E-state index is 13.7. The molecule has 0 unspecified atom stereocenters. The third kappa shape index (κ3) is 21.2. The SMILES string of the molecule is COc1ccc(N(CC(=O)O)C(C(=O)O)(C(C)(C)C)C(C)(C)C)c(OCCOc2cc([N+](=O)[O-])c(COc3ccc4cc(C(=O)NC5CCC(N(CC(=O)OC(C)(C)C)CC(=O)OC(C)(C)C)CC5)c(=O)oc4c3)cc2N(CC(=O)OC(C)(C)C)CC(=O)OC(C)(C)C)c1. The van der Waals surface area contributed by atoms with Gasteiger partial charge in [0, 0.05) is 29.6 Å². The Morgan fingerprint density at radius 2 is 1.07 bits per heavy atom. The van der Waals surface area contributed by atoms with Crippen molar-refractivity contribution in [2.75, 3.05) is 62.8 Å². The normalized spacial score (nSPS) is 14.9. The number of nitro benzene ring substituents is 1. The van der Waals surface area contributed by atoms with Crippen molar-refractivity contribution in [3.05, 3.63) is 86.3 Å². The number of benzene rings is 3. The predicted octanol–water partition coefficient (Wildman–Crippen LogP) is 10.1. The van der Waals surface area contributed by atoms with Gasteiger partial charge >= 0.3 is 41.4 Å². The summed E-state index contributed by atoms with van der Waals surface area (Å²) in [6.45, 7) is 27.1. The van der Waals surface area contributed by atoms with Crippen LogP contribution in [0.5, 0.6) is 23.0 Å². The Morgan fingerprint density at radius 3 is 1.52 bits per heavy atom. The van der Waals surface area contributed by atoms with E-state index in [2.05, 4.69) is 5.32 Å². The molecule has 1 fully saturated rings. The quantitative estimate of drug-likeness (QED) is 0.0125. The predicted molar refractivity (Wildman–Crippen MR) is 349 cm³/mol. The monoisotopic (exact) mass is 1320 g/mol. The van der Waals surface area contributed by atoms with Crippen LogP contribution in [0.25, 0.3) is 11.0 Å². The van der Waals surface area contributed by atoms with E-state index in [-0.39, 0.29) is 82.9 Å². The summed E-state index contributed by atoms with van der Waals surface area (Å²) in [5, 5.41) is 37.8. The molecule has 518 valence electrons. The average Bonchev–Trinajstić information content (AvgIpc) is 0.719. The lowest BCUT2D eigenvalue weighted by atomic mass is 9.58. The average molecular weight is 1320 g/mol. The lowest BCUT2D eigenvalue weighted by Gasteiger charge is -2.56. The second-order valence-corrected chi connectivity index (χ2v) is 29.3. The summed E-state index contributed by atoms with van der Waals surface area (Å²) < 4.78 is 52.3. The Bertz CT molecular complexity index is 3400. The second-order valence-electron chi connectivity index (χ2n) is 29.3. The molecule has 0 spiro atoms. The van der Waals surface area contributed by atoms with Crippen LogP contribution in [0.3, 0.4) is 0 Å². The van der Waals surface area contributed by atoms with E-state index in [9.17, 15) is 58.7 Å². The zero-order chi connectivity index (χ0) is 70.9. The van der Waals surface area contributed by atoms with Gasteiger partial charge in [0.05, 0.1) is 48.1 Å². The van der Waals surface area contributed by atoms with E-state index in [1.54, 1.807) is 130 Å². The van der Waals surface area contributed by atoms with Crippen molar-refractivity contribution < 1.29 is 91.0 Å². The summed E-state index contributed by atoms with van der Waals surface area (Å²) in [6, 6.07) is 12.0. The summed E-state index contributed by atoms with van der Waals surface area (Å²) in [7, 11) is 1.40. The van der Waals surface area contributed by atoms with Gasteiger partial charge < -0.3 is 67.6 Å². The van der Waals surface area contributed by atoms with E-state index in [0.717, 1.165) is 6.07 Å². The number of carboxylic acids is 2. The molecule has 0 radical (unpaired) electrons. The molecule has 0 aliphatic heterocycles. The molecule has 0 atom stereocenters. The minimum Gasteiger partial charge on any atom is -0.497 e. The van der Waals surface area contributed by atoms with Crippen molar-refractivity contribution in [2.45, 2.75) is 197 Å². The van der Waals surface area contributed by atoms with Crippen LogP contribution < -0.4 is 39.7 Å². The fraction of sp³-hybridized carbons (Fsp3) is 0.588. The highest BCUT2D eigenvalue weighted by Gasteiger charge is 2.61. The summed E-state index contributed by atoms with van der Waals surface area (Å²) in [5.41, 5.74) is -9.31. The van der Waals surface area contributed by atoms with Crippen LogP contribution in [-0.2, 0) is 54.3 Å². The topological polar surface area (TPSA) is 329 Å². The number of carbonyl (C=O) groups excluding carboxylic acids is 5. The Hall–Kier alpha value is -8.68. The molecule has 26 nitrogen and oxygen atoms in total. The molecule has 3 N–H and O–H groups in total. The first-order valence-electron chi connectivity index (χ1n) is 31.1. The van der Waals surface area contributed by atoms with Gasteiger partial charge in [0.1, 0.15) is 102 Å². The number of carboxylic acid groups (broad SMARTS) is 2. The number of nitro groups is 1. The first kappa shape index (κ1) is 76.0. The fourth-order valence-corrected chi connectivity index (χ4v) is 11.8. The number of carbonyl (C=O) groups is 7. The van der Waals surface area contributed by atoms with Crippen molar-refractivity contribution in [1.29, 1.82) is 0 Å². The summed E-state index contributed by atoms with van der Waals surface area (Å²) in [6.07, 6.45) is 1.93. The lowest BCUT2D eigenvalue weighted by Crippen LogP contribution is -2.70. The molecule has 26 heteroatoms. The highest BCUT2D eigenvalue weighted by atomic mass is 16.6. The van der Waals surface area contributed by atoms with Crippen LogP contribution in [0.4, 0.5) is 17.1 Å². The Morgan fingerprint density at radius 1 is 0.596 bits per heavy atom. The molecule has 1 saturated carbocycles. The van der Waals surface area contributed by atoms with Crippen molar-refractivity contribution in [1.82, 2.24) is 10.2 Å². The first-order valence-corrected chi connectivity index (χ1v) is 31.1. The Kier molecular flexibility index (Phi) is 24.4. The number of methoxy groups -OCH3 is 1. The second kappa shape index (κ2) is 30.2. The van der Waals surface area contributed by atoms with Gasteiger partial charge in [-0.15, -0.1) is 0 Å². The van der Waals surface area contributed by atoms with Crippen molar-refractivity contribution in [3.8, 4) is 23.0 Å². The van der Waals surface area contributed by atoms with Gasteiger partial charge in [-0.25, -0.2) is 9.59 Å². The van der Waals surface area contributed by atoms with Crippen molar-refractivity contribution in [2.24, 2.45) is 10.8 Å². The molecule has 4 aromatic rings. The van der Waals surface area contributed by atoms with Gasteiger partial charge in [-0.2, -0.15) is 0 Å². The summed E-state index contributed by atoms with van der Waals surface area (Å²) >= 11 is 0. The van der Waals surface area contributed by atoms with Crippen LogP contribution in [0.15, 0.2) is 63.8 Å². The molecule has 1 amide bonds. The molecule has 1 aliphatic rings. The molecule has 1 aromatic heterocycles. The van der Waals surface area contributed by atoms with E-state index < -0.39 is 130 Å². The number of anilines is 2. The van der Waals surface area contributed by atoms with Gasteiger partial charge in [0.2, 0.25) is 0 Å². The number of hydrogen-bond acceptors (Lipinski definition) is 22. The standard InChI is InChI=1S/C68H95N5O21/c1-62(2,3)68(61(82)83,63(4,5)6)72(35-54(74)75)48-27-26-45(86-19)32-52(48)87-28-29-88-53-34-49(73(84)85)42(31-50(53)71(38-57(78)93-66(13,14)15)39-58(79)94-67(16,17)18)40-89-46-25-20-41-30-47(60(81)90-51(41)33-46)59(80)69-43-21-23-44(24-22-43)70(36-55(76)91-64(7,8)9)37-56(77)92-65(10,11)12/h20,25-27,30-34,43-44H,21-24,28-29,35-40H2,1-19H3,(H,69,80)(H,74,75)(H,82,83). The Balaban J connectivity index is 1.46. The van der Waals surface area contributed by atoms with E-state index in [0.29, 0.717) is 31.1 Å². The van der Waals surface area contributed by atoms with Gasteiger partial charge in [-0.1, -0.05) is 41.5 Å². The smallest absolute Gasteiger partial charge is 0.349 e. The molecule has 94 heavy (non-hydrogen) atoms. The van der Waals surface area contributed by atoms with Crippen LogP contribution in [0.1, 0.15) is 166 Å². The van der Waals surface area contributed by atoms with Gasteiger partial charge in [0.15, 0.2) is 0 Å². The highest BCUT2D eigenvalue weighted by molar-refractivity contribution is 5.97. The van der Waals surface area contributed by atoms with Crippen LogP contribution >= 0.6 is 0 Å². The summed E-state index contributed by atoms with van der Waals surface area (Å²) in [5.74, 6) is -5.73. The lowest BCUT2D eigenvalue weighted by molar-refractivity contribution is -0.385. The van der Waals surface area contributed by atoms with E-state index >= 15 is 0 Å². The van der Waals surface area contributed by atoms with Crippen LogP contribution in [0, 0.1) is 20.9 Å². The largest absolute Gasteiger partial charge is 0.497 e. The zero-order valence-electron chi connectivity index (χ0n) is 57.8. The van der Waals surface area contributed by atoms with E-state index in [1.807, 2.05) is 0 Å². The molecule has 0 saturated heterocycles. The maximum Gasteiger partial charge on any atom is 0.349 e. The number of hydrogen-bond donors (Lipinski definition) is 3. The third-order valence-corrected chi connectivity index (χ3v) is 14.8. The number of amides is 1. The zero-order valence-corrected chi connectivity index (χ0v) is 57.8. The maximum absolute atomic E-state index is 13.7.